The van der Waals surface area contributed by atoms with Gasteiger partial charge in [0.05, 0.1) is 17.4 Å². The van der Waals surface area contributed by atoms with Crippen LogP contribution in [0.4, 0.5) is 11.4 Å². The Morgan fingerprint density at radius 1 is 1.28 bits per heavy atom. The zero-order valence-corrected chi connectivity index (χ0v) is 14.5. The average molecular weight is 342 g/mol. The number of carbonyl (C=O) groups is 1. The van der Waals surface area contributed by atoms with Crippen molar-refractivity contribution in [2.45, 2.75) is 12.5 Å². The van der Waals surface area contributed by atoms with E-state index in [-0.39, 0.29) is 11.9 Å². The second-order valence-electron chi connectivity index (χ2n) is 6.61. The fraction of sp³-hybridized carbons (Fsp3) is 0.471. The molecular weight excluding hydrogens is 320 g/mol. The van der Waals surface area contributed by atoms with Crippen LogP contribution in [0.3, 0.4) is 0 Å². The maximum Gasteiger partial charge on any atom is 0.258 e. The number of aromatic nitrogens is 2. The third kappa shape index (κ3) is 3.10. The van der Waals surface area contributed by atoms with Crippen molar-refractivity contribution in [1.29, 1.82) is 0 Å². The Labute approximate surface area is 146 Å². The van der Waals surface area contributed by atoms with Crippen molar-refractivity contribution in [3.05, 3.63) is 24.0 Å². The Kier molecular flexibility index (Phi) is 4.14. The molecule has 1 saturated heterocycles. The van der Waals surface area contributed by atoms with E-state index in [1.165, 1.54) is 0 Å². The zero-order valence-electron chi connectivity index (χ0n) is 14.5. The molecule has 3 heterocycles. The molecule has 1 amide bonds. The average Bonchev–Trinajstić information content (AvgIpc) is 3.04. The summed E-state index contributed by atoms with van der Waals surface area (Å²) < 4.78 is 5.49. The Hall–Kier alpha value is -2.45. The SMILES string of the molecule is CN1CCC(=O)Nc2cc(-c3nc(C4CNCCN4C)no3)ccc21. The smallest absolute Gasteiger partial charge is 0.258 e. The number of nitrogens with zero attached hydrogens (tertiary/aromatic N) is 4. The van der Waals surface area contributed by atoms with Gasteiger partial charge in [0.2, 0.25) is 5.91 Å². The molecular formula is C17H22N6O2. The number of carbonyl (C=O) groups excluding carboxylic acids is 1. The van der Waals surface area contributed by atoms with Crippen molar-refractivity contribution in [1.82, 2.24) is 20.4 Å². The van der Waals surface area contributed by atoms with E-state index in [1.807, 2.05) is 25.2 Å². The van der Waals surface area contributed by atoms with Gasteiger partial charge in [0.15, 0.2) is 5.82 Å². The predicted molar refractivity (Wildman–Crippen MR) is 94.5 cm³/mol. The number of hydrogen-bond donors (Lipinski definition) is 2. The fourth-order valence-corrected chi connectivity index (χ4v) is 3.29. The van der Waals surface area contributed by atoms with Gasteiger partial charge >= 0.3 is 0 Å². The first kappa shape index (κ1) is 16.0. The van der Waals surface area contributed by atoms with Crippen LogP contribution in [0.25, 0.3) is 11.5 Å². The lowest BCUT2D eigenvalue weighted by Crippen LogP contribution is -2.44. The summed E-state index contributed by atoms with van der Waals surface area (Å²) >= 11 is 0. The van der Waals surface area contributed by atoms with E-state index in [1.54, 1.807) is 0 Å². The normalized spacial score (nSPS) is 21.6. The van der Waals surface area contributed by atoms with Crippen LogP contribution >= 0.6 is 0 Å². The number of fused-ring (bicyclic) bond motifs is 1. The van der Waals surface area contributed by atoms with Crippen molar-refractivity contribution in [3.8, 4) is 11.5 Å². The molecule has 132 valence electrons. The van der Waals surface area contributed by atoms with Crippen molar-refractivity contribution in [3.63, 3.8) is 0 Å². The number of anilines is 2. The van der Waals surface area contributed by atoms with Crippen LogP contribution in [0.5, 0.6) is 0 Å². The van der Waals surface area contributed by atoms with Gasteiger partial charge in [-0.2, -0.15) is 4.98 Å². The standard InChI is InChI=1S/C17H22N6O2/c1-22-7-5-15(24)19-12-9-11(3-4-13(12)22)17-20-16(21-25-17)14-10-18-6-8-23(14)2/h3-4,9,14,18H,5-8,10H2,1-2H3,(H,19,24). The molecule has 1 atom stereocenters. The van der Waals surface area contributed by atoms with Crippen LogP contribution in [-0.4, -0.2) is 61.2 Å². The van der Waals surface area contributed by atoms with Crippen LogP contribution in [0, 0.1) is 0 Å². The van der Waals surface area contributed by atoms with Gasteiger partial charge in [-0.25, -0.2) is 0 Å². The molecule has 8 nitrogen and oxygen atoms in total. The molecule has 1 unspecified atom stereocenters. The summed E-state index contributed by atoms with van der Waals surface area (Å²) in [5, 5.41) is 10.5. The third-order valence-corrected chi connectivity index (χ3v) is 4.85. The van der Waals surface area contributed by atoms with E-state index in [4.69, 9.17) is 4.52 Å². The molecule has 0 spiro atoms. The lowest BCUT2D eigenvalue weighted by Gasteiger charge is -2.30. The monoisotopic (exact) mass is 342 g/mol. The summed E-state index contributed by atoms with van der Waals surface area (Å²) in [6.45, 7) is 3.42. The molecule has 25 heavy (non-hydrogen) atoms. The minimum atomic E-state index is 0.0175. The first-order valence-electron chi connectivity index (χ1n) is 8.52. The van der Waals surface area contributed by atoms with Gasteiger partial charge in [0.25, 0.3) is 5.89 Å². The fourth-order valence-electron chi connectivity index (χ4n) is 3.29. The van der Waals surface area contributed by atoms with E-state index >= 15 is 0 Å². The summed E-state index contributed by atoms with van der Waals surface area (Å²) in [5.41, 5.74) is 2.57. The molecule has 1 fully saturated rings. The molecule has 0 radical (unpaired) electrons. The van der Waals surface area contributed by atoms with E-state index in [0.29, 0.717) is 24.7 Å². The highest BCUT2D eigenvalue weighted by atomic mass is 16.5. The number of nitrogens with one attached hydrogen (secondary N) is 2. The van der Waals surface area contributed by atoms with Crippen molar-refractivity contribution in [2.24, 2.45) is 0 Å². The Morgan fingerprint density at radius 3 is 3.00 bits per heavy atom. The molecule has 1 aromatic carbocycles. The van der Waals surface area contributed by atoms with E-state index in [0.717, 1.165) is 36.6 Å². The highest BCUT2D eigenvalue weighted by Crippen LogP contribution is 2.32. The minimum Gasteiger partial charge on any atom is -0.372 e. The molecule has 0 bridgehead atoms. The van der Waals surface area contributed by atoms with Crippen LogP contribution < -0.4 is 15.5 Å². The quantitative estimate of drug-likeness (QED) is 0.845. The summed E-state index contributed by atoms with van der Waals surface area (Å²) in [6, 6.07) is 5.94. The minimum absolute atomic E-state index is 0.0175. The van der Waals surface area contributed by atoms with Crippen LogP contribution in [-0.2, 0) is 4.79 Å². The number of benzene rings is 1. The van der Waals surface area contributed by atoms with Gasteiger partial charge in [0.1, 0.15) is 0 Å². The number of piperazine rings is 1. The highest BCUT2D eigenvalue weighted by Gasteiger charge is 2.26. The number of amides is 1. The number of rotatable bonds is 2. The van der Waals surface area contributed by atoms with Gasteiger partial charge in [-0.15, -0.1) is 0 Å². The van der Waals surface area contributed by atoms with E-state index in [2.05, 4.69) is 37.6 Å². The molecule has 0 aliphatic carbocycles. The second-order valence-corrected chi connectivity index (χ2v) is 6.61. The number of likely N-dealkylation sites (N-methyl/N-ethyl adjacent to an activating group) is 1. The molecule has 2 aliphatic rings. The van der Waals surface area contributed by atoms with E-state index < -0.39 is 0 Å². The largest absolute Gasteiger partial charge is 0.372 e. The van der Waals surface area contributed by atoms with Gasteiger partial charge in [-0.3, -0.25) is 9.69 Å². The van der Waals surface area contributed by atoms with Gasteiger partial charge in [-0.1, -0.05) is 5.16 Å². The predicted octanol–water partition coefficient (Wildman–Crippen LogP) is 1.09. The first-order valence-corrected chi connectivity index (χ1v) is 8.52. The molecule has 4 rings (SSSR count). The van der Waals surface area contributed by atoms with Gasteiger partial charge < -0.3 is 20.1 Å². The second kappa shape index (κ2) is 6.45. The first-order chi connectivity index (χ1) is 12.1. The lowest BCUT2D eigenvalue weighted by molar-refractivity contribution is -0.115. The summed E-state index contributed by atoms with van der Waals surface area (Å²) in [7, 11) is 4.05. The van der Waals surface area contributed by atoms with Crippen LogP contribution in [0.15, 0.2) is 22.7 Å². The Balaban J connectivity index is 1.63. The number of hydrogen-bond acceptors (Lipinski definition) is 7. The summed E-state index contributed by atoms with van der Waals surface area (Å²) in [6.07, 6.45) is 0.478. The summed E-state index contributed by atoms with van der Waals surface area (Å²) in [5.74, 6) is 1.17. The lowest BCUT2D eigenvalue weighted by atomic mass is 10.1. The molecule has 2 aromatic rings. The maximum absolute atomic E-state index is 11.9. The zero-order chi connectivity index (χ0) is 17.4. The van der Waals surface area contributed by atoms with Crippen LogP contribution in [0.1, 0.15) is 18.3 Å². The Bertz CT molecular complexity index is 789. The molecule has 0 saturated carbocycles. The highest BCUT2D eigenvalue weighted by molar-refractivity contribution is 5.97. The van der Waals surface area contributed by atoms with Crippen molar-refractivity contribution >= 4 is 17.3 Å². The topological polar surface area (TPSA) is 86.5 Å². The van der Waals surface area contributed by atoms with Crippen molar-refractivity contribution < 1.29 is 9.32 Å². The molecule has 2 N–H and O–H groups in total. The summed E-state index contributed by atoms with van der Waals surface area (Å²) in [4.78, 5) is 20.8. The molecule has 8 heteroatoms. The van der Waals surface area contributed by atoms with E-state index in [9.17, 15) is 4.79 Å². The van der Waals surface area contributed by atoms with Gasteiger partial charge in [-0.05, 0) is 25.2 Å². The third-order valence-electron chi connectivity index (χ3n) is 4.85. The Morgan fingerprint density at radius 2 is 2.16 bits per heavy atom. The molecule has 1 aromatic heterocycles. The van der Waals surface area contributed by atoms with Gasteiger partial charge in [0, 0.05) is 45.2 Å². The van der Waals surface area contributed by atoms with Crippen LogP contribution in [0.2, 0.25) is 0 Å². The molecule has 2 aliphatic heterocycles. The maximum atomic E-state index is 11.9. The van der Waals surface area contributed by atoms with Crippen molar-refractivity contribution in [2.75, 3.05) is 50.5 Å².